The number of nitrogens with one attached hydrogen (secondary N) is 2. The summed E-state index contributed by atoms with van der Waals surface area (Å²) in [6.07, 6.45) is 2.14. The number of nitrogens with zero attached hydrogens (tertiary/aromatic N) is 1. The van der Waals surface area contributed by atoms with Gasteiger partial charge < -0.3 is 15.4 Å². The van der Waals surface area contributed by atoms with Crippen LogP contribution in [0.3, 0.4) is 0 Å². The predicted octanol–water partition coefficient (Wildman–Crippen LogP) is 0.0568. The maximum absolute atomic E-state index is 11.7. The quantitative estimate of drug-likeness (QED) is 0.721. The Hall–Kier alpha value is -1.67. The molecule has 1 aromatic heterocycles. The summed E-state index contributed by atoms with van der Waals surface area (Å²) in [5, 5.41) is 5.80. The fraction of sp³-hybridized carbons (Fsp3) is 0.538. The molecule has 1 amide bonds. The second kappa shape index (κ2) is 6.86. The van der Waals surface area contributed by atoms with Gasteiger partial charge in [0.2, 0.25) is 0 Å². The fourth-order valence-electron chi connectivity index (χ4n) is 2.12. The molecule has 0 saturated carbocycles. The first-order valence-corrected chi connectivity index (χ1v) is 8.52. The van der Waals surface area contributed by atoms with Crippen LogP contribution >= 0.6 is 0 Å². The number of aromatic nitrogens is 1. The van der Waals surface area contributed by atoms with E-state index in [2.05, 4.69) is 15.6 Å². The monoisotopic (exact) mass is 313 g/mol. The molecule has 7 nitrogen and oxygen atoms in total. The SMILES string of the molecule is COCCNC(=O)c1ccc(NC2CCS(=O)(=O)C2)cn1. The Morgan fingerprint density at radius 1 is 1.48 bits per heavy atom. The molecule has 1 aromatic rings. The van der Waals surface area contributed by atoms with Crippen LogP contribution in [-0.2, 0) is 14.6 Å². The van der Waals surface area contributed by atoms with Crippen LogP contribution in [0, 0.1) is 0 Å². The van der Waals surface area contributed by atoms with Gasteiger partial charge >= 0.3 is 0 Å². The minimum atomic E-state index is -2.91. The van der Waals surface area contributed by atoms with Gasteiger partial charge in [-0.05, 0) is 18.6 Å². The highest BCUT2D eigenvalue weighted by Gasteiger charge is 2.27. The zero-order chi connectivity index (χ0) is 15.3. The van der Waals surface area contributed by atoms with Gasteiger partial charge in [0.05, 0.1) is 30.0 Å². The number of hydrogen-bond donors (Lipinski definition) is 2. The summed E-state index contributed by atoms with van der Waals surface area (Å²) >= 11 is 0. The molecule has 1 saturated heterocycles. The zero-order valence-electron chi connectivity index (χ0n) is 11.8. The van der Waals surface area contributed by atoms with Crippen molar-refractivity contribution >= 4 is 21.4 Å². The molecule has 1 atom stereocenters. The van der Waals surface area contributed by atoms with Crippen molar-refractivity contribution in [2.75, 3.05) is 37.1 Å². The number of carbonyl (C=O) groups excluding carboxylic acids is 1. The van der Waals surface area contributed by atoms with E-state index in [9.17, 15) is 13.2 Å². The zero-order valence-corrected chi connectivity index (χ0v) is 12.6. The second-order valence-corrected chi connectivity index (χ2v) is 7.15. The number of sulfone groups is 1. The lowest BCUT2D eigenvalue weighted by molar-refractivity contribution is 0.0932. The van der Waals surface area contributed by atoms with E-state index in [1.807, 2.05) is 0 Å². The van der Waals surface area contributed by atoms with Gasteiger partial charge in [0.15, 0.2) is 9.84 Å². The minimum absolute atomic E-state index is 0.0850. The first-order valence-electron chi connectivity index (χ1n) is 6.70. The Balaban J connectivity index is 1.88. The molecule has 21 heavy (non-hydrogen) atoms. The molecule has 1 aliphatic rings. The lowest BCUT2D eigenvalue weighted by Crippen LogP contribution is -2.27. The highest BCUT2D eigenvalue weighted by molar-refractivity contribution is 7.91. The van der Waals surface area contributed by atoms with Gasteiger partial charge in [-0.1, -0.05) is 0 Å². The van der Waals surface area contributed by atoms with Crippen molar-refractivity contribution in [2.45, 2.75) is 12.5 Å². The topological polar surface area (TPSA) is 97.4 Å². The minimum Gasteiger partial charge on any atom is -0.383 e. The smallest absolute Gasteiger partial charge is 0.269 e. The van der Waals surface area contributed by atoms with E-state index in [1.54, 1.807) is 19.2 Å². The van der Waals surface area contributed by atoms with E-state index in [1.165, 1.54) is 6.20 Å². The largest absolute Gasteiger partial charge is 0.383 e. The normalized spacial score (nSPS) is 20.1. The Morgan fingerprint density at radius 3 is 2.86 bits per heavy atom. The van der Waals surface area contributed by atoms with Gasteiger partial charge in [0.25, 0.3) is 5.91 Å². The Bertz CT molecular complexity index is 586. The van der Waals surface area contributed by atoms with Crippen LogP contribution in [0.25, 0.3) is 0 Å². The van der Waals surface area contributed by atoms with Crippen LogP contribution in [-0.4, -0.2) is 57.1 Å². The van der Waals surface area contributed by atoms with Crippen LogP contribution in [0.5, 0.6) is 0 Å². The maximum atomic E-state index is 11.7. The second-order valence-electron chi connectivity index (χ2n) is 4.93. The highest BCUT2D eigenvalue weighted by Crippen LogP contribution is 2.17. The molecule has 0 aliphatic carbocycles. The maximum Gasteiger partial charge on any atom is 0.269 e. The summed E-state index contributed by atoms with van der Waals surface area (Å²) in [6, 6.07) is 3.25. The molecule has 2 heterocycles. The molecule has 1 aliphatic heterocycles. The van der Waals surface area contributed by atoms with Crippen LogP contribution in [0.2, 0.25) is 0 Å². The number of ether oxygens (including phenoxy) is 1. The number of amides is 1. The van der Waals surface area contributed by atoms with Crippen molar-refractivity contribution in [3.05, 3.63) is 24.0 Å². The summed E-state index contributed by atoms with van der Waals surface area (Å²) < 4.78 is 27.6. The molecule has 8 heteroatoms. The molecule has 2 rings (SSSR count). The molecule has 0 bridgehead atoms. The molecular formula is C13H19N3O4S. The molecule has 116 valence electrons. The van der Waals surface area contributed by atoms with Crippen LogP contribution in [0.1, 0.15) is 16.9 Å². The van der Waals surface area contributed by atoms with Crippen LogP contribution in [0.4, 0.5) is 5.69 Å². The van der Waals surface area contributed by atoms with Crippen molar-refractivity contribution in [3.8, 4) is 0 Å². The van der Waals surface area contributed by atoms with Gasteiger partial charge in [-0.25, -0.2) is 13.4 Å². The molecule has 1 fully saturated rings. The Morgan fingerprint density at radius 2 is 2.29 bits per heavy atom. The molecule has 0 radical (unpaired) electrons. The van der Waals surface area contributed by atoms with Crippen molar-refractivity contribution in [3.63, 3.8) is 0 Å². The summed E-state index contributed by atoms with van der Waals surface area (Å²) in [7, 11) is -1.35. The summed E-state index contributed by atoms with van der Waals surface area (Å²) in [4.78, 5) is 15.8. The summed E-state index contributed by atoms with van der Waals surface area (Å²) in [6.45, 7) is 0.873. The average Bonchev–Trinajstić information content (AvgIpc) is 2.79. The summed E-state index contributed by atoms with van der Waals surface area (Å²) in [5.74, 6) is 0.103. The first-order chi connectivity index (χ1) is 10.00. The van der Waals surface area contributed by atoms with E-state index >= 15 is 0 Å². The van der Waals surface area contributed by atoms with Crippen LogP contribution < -0.4 is 10.6 Å². The molecule has 0 aromatic carbocycles. The third kappa shape index (κ3) is 4.68. The molecule has 2 N–H and O–H groups in total. The van der Waals surface area contributed by atoms with Gasteiger partial charge in [-0.15, -0.1) is 0 Å². The Kier molecular flexibility index (Phi) is 5.13. The van der Waals surface area contributed by atoms with Gasteiger partial charge in [-0.3, -0.25) is 4.79 Å². The Labute approximate surface area is 124 Å². The van der Waals surface area contributed by atoms with Crippen molar-refractivity contribution < 1.29 is 17.9 Å². The molecule has 1 unspecified atom stereocenters. The highest BCUT2D eigenvalue weighted by atomic mass is 32.2. The van der Waals surface area contributed by atoms with Gasteiger partial charge in [0, 0.05) is 19.7 Å². The van der Waals surface area contributed by atoms with E-state index in [4.69, 9.17) is 4.74 Å². The third-order valence-corrected chi connectivity index (χ3v) is 4.96. The summed E-state index contributed by atoms with van der Waals surface area (Å²) in [5.41, 5.74) is 1.03. The number of carbonyl (C=O) groups is 1. The van der Waals surface area contributed by atoms with Crippen molar-refractivity contribution in [2.24, 2.45) is 0 Å². The molecular weight excluding hydrogens is 294 g/mol. The fourth-order valence-corrected chi connectivity index (χ4v) is 3.79. The van der Waals surface area contributed by atoms with E-state index < -0.39 is 9.84 Å². The first kappa shape index (κ1) is 15.7. The van der Waals surface area contributed by atoms with E-state index in [-0.39, 0.29) is 23.5 Å². The standard InChI is InChI=1S/C13H19N3O4S/c1-20-6-5-14-13(17)12-3-2-10(8-15-12)16-11-4-7-21(18,19)9-11/h2-3,8,11,16H,4-7,9H2,1H3,(H,14,17). The molecule has 0 spiro atoms. The predicted molar refractivity (Wildman–Crippen MR) is 79.1 cm³/mol. The number of methoxy groups -OCH3 is 1. The average molecular weight is 313 g/mol. The van der Waals surface area contributed by atoms with Gasteiger partial charge in [-0.2, -0.15) is 0 Å². The number of hydrogen-bond acceptors (Lipinski definition) is 6. The van der Waals surface area contributed by atoms with E-state index in [0.29, 0.717) is 31.0 Å². The lowest BCUT2D eigenvalue weighted by Gasteiger charge is -2.12. The van der Waals surface area contributed by atoms with Crippen LogP contribution in [0.15, 0.2) is 18.3 Å². The van der Waals surface area contributed by atoms with Crippen molar-refractivity contribution in [1.29, 1.82) is 0 Å². The number of rotatable bonds is 6. The lowest BCUT2D eigenvalue weighted by atomic mass is 10.2. The number of anilines is 1. The van der Waals surface area contributed by atoms with E-state index in [0.717, 1.165) is 0 Å². The van der Waals surface area contributed by atoms with Crippen molar-refractivity contribution in [1.82, 2.24) is 10.3 Å². The third-order valence-electron chi connectivity index (χ3n) is 3.19. The van der Waals surface area contributed by atoms with Gasteiger partial charge in [0.1, 0.15) is 5.69 Å². The number of pyridine rings is 1.